The van der Waals surface area contributed by atoms with E-state index in [9.17, 15) is 22.0 Å². The van der Waals surface area contributed by atoms with Crippen LogP contribution in [0.4, 0.5) is 20.3 Å². The number of carbonyl (C=O) groups is 1. The standard InChI is InChI=1S/C30H25F2N5O4S/c1-33-28-23(17-4-6-18(7-5-17)29(38)34-2)13-20-12-19(8-10-25(20)36-28)21-14-26(30(41-3)35-16-21)37-42(39,40)27-11-9-22(31)15-24(27)32/h4-16,37H,1-3H3,(H,33,36)(H,34,38). The summed E-state index contributed by atoms with van der Waals surface area (Å²) in [6.45, 7) is 0. The zero-order chi connectivity index (χ0) is 30.0. The lowest BCUT2D eigenvalue weighted by atomic mass is 10.00. The quantitative estimate of drug-likeness (QED) is 0.220. The number of amides is 1. The van der Waals surface area contributed by atoms with E-state index < -0.39 is 26.6 Å². The number of pyridine rings is 2. The van der Waals surface area contributed by atoms with Crippen LogP contribution < -0.4 is 20.1 Å². The SMILES string of the molecule is CNC(=O)c1ccc(-c2cc3cc(-c4cnc(OC)c(NS(=O)(=O)c5ccc(F)cc5F)c4)ccc3nc2NC)cc1. The van der Waals surface area contributed by atoms with E-state index in [4.69, 9.17) is 9.72 Å². The lowest BCUT2D eigenvalue weighted by molar-refractivity contribution is 0.0963. The second-order valence-corrected chi connectivity index (χ2v) is 10.8. The fourth-order valence-corrected chi connectivity index (χ4v) is 5.56. The third kappa shape index (κ3) is 5.56. The molecule has 3 N–H and O–H groups in total. The molecule has 0 saturated heterocycles. The molecule has 1 amide bonds. The van der Waals surface area contributed by atoms with Gasteiger partial charge in [0.1, 0.15) is 28.0 Å². The van der Waals surface area contributed by atoms with Crippen molar-refractivity contribution in [1.82, 2.24) is 15.3 Å². The Bertz CT molecular complexity index is 1930. The number of carbonyl (C=O) groups excluding carboxylic acids is 1. The zero-order valence-corrected chi connectivity index (χ0v) is 23.5. The van der Waals surface area contributed by atoms with Crippen LogP contribution in [-0.4, -0.2) is 45.5 Å². The van der Waals surface area contributed by atoms with Crippen molar-refractivity contribution >= 4 is 38.3 Å². The summed E-state index contributed by atoms with van der Waals surface area (Å²) in [5, 5.41) is 6.51. The van der Waals surface area contributed by atoms with Crippen molar-refractivity contribution in [3.05, 3.63) is 96.2 Å². The van der Waals surface area contributed by atoms with Crippen LogP contribution in [-0.2, 0) is 10.0 Å². The highest BCUT2D eigenvalue weighted by atomic mass is 32.2. The minimum atomic E-state index is -4.43. The first-order valence-corrected chi connectivity index (χ1v) is 14.1. The van der Waals surface area contributed by atoms with Crippen LogP contribution in [0.25, 0.3) is 33.2 Å². The Labute approximate surface area is 240 Å². The number of fused-ring (bicyclic) bond motifs is 1. The first-order valence-electron chi connectivity index (χ1n) is 12.6. The zero-order valence-electron chi connectivity index (χ0n) is 22.7. The number of sulfonamides is 1. The van der Waals surface area contributed by atoms with Gasteiger partial charge in [0.05, 0.1) is 12.6 Å². The van der Waals surface area contributed by atoms with Crippen LogP contribution in [0.2, 0.25) is 0 Å². The molecule has 2 heterocycles. The molecule has 0 saturated carbocycles. The molecule has 0 fully saturated rings. The number of rotatable bonds is 8. The molecule has 12 heteroatoms. The highest BCUT2D eigenvalue weighted by Crippen LogP contribution is 2.34. The number of hydrogen-bond acceptors (Lipinski definition) is 7. The van der Waals surface area contributed by atoms with Crippen molar-refractivity contribution in [2.75, 3.05) is 31.2 Å². The number of nitrogens with one attached hydrogen (secondary N) is 3. The van der Waals surface area contributed by atoms with Crippen LogP contribution >= 0.6 is 0 Å². The van der Waals surface area contributed by atoms with E-state index in [-0.39, 0.29) is 17.5 Å². The van der Waals surface area contributed by atoms with E-state index in [0.29, 0.717) is 34.1 Å². The van der Waals surface area contributed by atoms with Gasteiger partial charge in [-0.15, -0.1) is 0 Å². The molecule has 0 unspecified atom stereocenters. The summed E-state index contributed by atoms with van der Waals surface area (Å²) in [5.41, 5.74) is 4.12. The normalized spacial score (nSPS) is 11.3. The van der Waals surface area contributed by atoms with Gasteiger partial charge in [-0.25, -0.2) is 27.2 Å². The summed E-state index contributed by atoms with van der Waals surface area (Å²) in [6, 6.07) is 18.3. The van der Waals surface area contributed by atoms with E-state index in [1.54, 1.807) is 26.2 Å². The van der Waals surface area contributed by atoms with Gasteiger partial charge in [0.2, 0.25) is 5.88 Å². The molecule has 0 bridgehead atoms. The Hall–Kier alpha value is -5.10. The van der Waals surface area contributed by atoms with Crippen LogP contribution in [0.5, 0.6) is 5.88 Å². The van der Waals surface area contributed by atoms with Crippen molar-refractivity contribution in [1.29, 1.82) is 0 Å². The van der Waals surface area contributed by atoms with Gasteiger partial charge in [0.15, 0.2) is 0 Å². The monoisotopic (exact) mass is 589 g/mol. The number of anilines is 2. The molecule has 9 nitrogen and oxygen atoms in total. The molecule has 0 aliphatic rings. The Morgan fingerprint density at radius 2 is 1.62 bits per heavy atom. The van der Waals surface area contributed by atoms with E-state index in [2.05, 4.69) is 20.3 Å². The van der Waals surface area contributed by atoms with Gasteiger partial charge in [-0.2, -0.15) is 0 Å². The third-order valence-electron chi connectivity index (χ3n) is 6.54. The second-order valence-electron chi connectivity index (χ2n) is 9.16. The van der Waals surface area contributed by atoms with Crippen molar-refractivity contribution in [3.8, 4) is 28.1 Å². The van der Waals surface area contributed by atoms with Crippen LogP contribution in [0, 0.1) is 11.6 Å². The maximum atomic E-state index is 14.3. The summed E-state index contributed by atoms with van der Waals surface area (Å²) in [4.78, 5) is 20.2. The van der Waals surface area contributed by atoms with Gasteiger partial charge in [-0.05, 0) is 59.7 Å². The molecule has 0 radical (unpaired) electrons. The predicted molar refractivity (Wildman–Crippen MR) is 157 cm³/mol. The highest BCUT2D eigenvalue weighted by molar-refractivity contribution is 7.92. The predicted octanol–water partition coefficient (Wildman–Crippen LogP) is 5.45. The maximum absolute atomic E-state index is 14.3. The average molecular weight is 590 g/mol. The van der Waals surface area contributed by atoms with E-state index in [1.165, 1.54) is 19.4 Å². The summed E-state index contributed by atoms with van der Waals surface area (Å²) in [5.74, 6) is -1.70. The lowest BCUT2D eigenvalue weighted by Crippen LogP contribution is -2.17. The fourth-order valence-electron chi connectivity index (χ4n) is 4.45. The van der Waals surface area contributed by atoms with E-state index in [1.807, 2.05) is 36.4 Å². The summed E-state index contributed by atoms with van der Waals surface area (Å²) < 4.78 is 61.0. The molecular formula is C30H25F2N5O4S. The summed E-state index contributed by atoms with van der Waals surface area (Å²) >= 11 is 0. The lowest BCUT2D eigenvalue weighted by Gasteiger charge is -2.14. The van der Waals surface area contributed by atoms with Crippen LogP contribution in [0.1, 0.15) is 10.4 Å². The molecule has 0 aliphatic carbocycles. The number of hydrogen-bond donors (Lipinski definition) is 3. The number of methoxy groups -OCH3 is 1. The van der Waals surface area contributed by atoms with Gasteiger partial charge in [0, 0.05) is 48.4 Å². The largest absolute Gasteiger partial charge is 0.480 e. The van der Waals surface area contributed by atoms with E-state index >= 15 is 0 Å². The number of halogens is 2. The van der Waals surface area contributed by atoms with Crippen molar-refractivity contribution in [2.24, 2.45) is 0 Å². The number of benzene rings is 3. The van der Waals surface area contributed by atoms with Gasteiger partial charge in [-0.3, -0.25) is 9.52 Å². The maximum Gasteiger partial charge on any atom is 0.264 e. The molecule has 42 heavy (non-hydrogen) atoms. The molecule has 0 aliphatic heterocycles. The van der Waals surface area contributed by atoms with Gasteiger partial charge in [-0.1, -0.05) is 18.2 Å². The molecular weight excluding hydrogens is 564 g/mol. The summed E-state index contributed by atoms with van der Waals surface area (Å²) in [6.07, 6.45) is 1.52. The first kappa shape index (κ1) is 28.4. The van der Waals surface area contributed by atoms with Crippen LogP contribution in [0.15, 0.2) is 83.9 Å². The number of aromatic nitrogens is 2. The van der Waals surface area contributed by atoms with Crippen molar-refractivity contribution in [3.63, 3.8) is 0 Å². The second kappa shape index (κ2) is 11.4. The molecule has 214 valence electrons. The molecule has 2 aromatic heterocycles. The first-order chi connectivity index (χ1) is 20.1. The van der Waals surface area contributed by atoms with Crippen LogP contribution in [0.3, 0.4) is 0 Å². The third-order valence-corrected chi connectivity index (χ3v) is 7.94. The molecule has 0 spiro atoms. The van der Waals surface area contributed by atoms with Gasteiger partial charge >= 0.3 is 0 Å². The van der Waals surface area contributed by atoms with E-state index in [0.717, 1.165) is 28.6 Å². The summed E-state index contributed by atoms with van der Waals surface area (Å²) in [7, 11) is 0.230. The Kier molecular flexibility index (Phi) is 7.72. The molecule has 3 aromatic carbocycles. The average Bonchev–Trinajstić information content (AvgIpc) is 2.99. The highest BCUT2D eigenvalue weighted by Gasteiger charge is 2.22. The fraction of sp³-hybridized carbons (Fsp3) is 0.100. The molecule has 5 rings (SSSR count). The number of nitrogens with zero attached hydrogens (tertiary/aromatic N) is 2. The smallest absolute Gasteiger partial charge is 0.264 e. The Morgan fingerprint density at radius 3 is 2.29 bits per heavy atom. The Balaban J connectivity index is 1.54. The Morgan fingerprint density at radius 1 is 0.881 bits per heavy atom. The minimum absolute atomic E-state index is 0.0284. The van der Waals surface area contributed by atoms with Gasteiger partial charge in [0.25, 0.3) is 15.9 Å². The number of ether oxygens (including phenoxy) is 1. The minimum Gasteiger partial charge on any atom is -0.480 e. The van der Waals surface area contributed by atoms with Crippen molar-refractivity contribution in [2.45, 2.75) is 4.90 Å². The molecule has 5 aromatic rings. The van der Waals surface area contributed by atoms with Crippen molar-refractivity contribution < 1.29 is 26.7 Å². The topological polar surface area (TPSA) is 122 Å². The van der Waals surface area contributed by atoms with Gasteiger partial charge < -0.3 is 15.4 Å². The molecule has 0 atom stereocenters.